The Morgan fingerprint density at radius 3 is 2.56 bits per heavy atom. The van der Waals surface area contributed by atoms with E-state index in [2.05, 4.69) is 10.2 Å². The molecule has 1 fully saturated rings. The van der Waals surface area contributed by atoms with Crippen LogP contribution in [0.4, 0.5) is 4.39 Å². The van der Waals surface area contributed by atoms with Crippen LogP contribution in [0.2, 0.25) is 0 Å². The Labute approximate surface area is 160 Å². The summed E-state index contributed by atoms with van der Waals surface area (Å²) in [4.78, 5) is 14.6. The highest BCUT2D eigenvalue weighted by Gasteiger charge is 2.21. The first-order chi connectivity index (χ1) is 12.9. The summed E-state index contributed by atoms with van der Waals surface area (Å²) in [5, 5.41) is 12.9. The molecule has 3 rings (SSSR count). The average molecular weight is 370 g/mol. The van der Waals surface area contributed by atoms with Crippen LogP contribution in [-0.4, -0.2) is 35.5 Å². The van der Waals surface area contributed by atoms with E-state index in [1.54, 1.807) is 0 Å². The van der Waals surface area contributed by atoms with E-state index in [1.807, 2.05) is 26.0 Å². The molecule has 4 nitrogen and oxygen atoms in total. The molecule has 5 heteroatoms. The minimum Gasteiger partial charge on any atom is -0.507 e. The minimum atomic E-state index is -0.339. The summed E-state index contributed by atoms with van der Waals surface area (Å²) in [6.07, 6.45) is 2.20. The summed E-state index contributed by atoms with van der Waals surface area (Å²) in [5.74, 6) is 0.285. The van der Waals surface area contributed by atoms with Crippen molar-refractivity contribution in [1.29, 1.82) is 0 Å². The molecule has 1 amide bonds. The van der Waals surface area contributed by atoms with Gasteiger partial charge in [0.1, 0.15) is 11.6 Å². The minimum absolute atomic E-state index is 0.156. The number of amides is 1. The highest BCUT2D eigenvalue weighted by molar-refractivity contribution is 5.94. The molecule has 2 aromatic carbocycles. The highest BCUT2D eigenvalue weighted by Crippen LogP contribution is 2.25. The molecule has 1 aliphatic rings. The predicted molar refractivity (Wildman–Crippen MR) is 104 cm³/mol. The maximum absolute atomic E-state index is 13.0. The monoisotopic (exact) mass is 370 g/mol. The van der Waals surface area contributed by atoms with Gasteiger partial charge in [-0.15, -0.1) is 0 Å². The van der Waals surface area contributed by atoms with Crippen molar-refractivity contribution < 1.29 is 14.3 Å². The van der Waals surface area contributed by atoms with Crippen molar-refractivity contribution in [3.63, 3.8) is 0 Å². The summed E-state index contributed by atoms with van der Waals surface area (Å²) in [5.41, 5.74) is 3.51. The Morgan fingerprint density at radius 1 is 1.22 bits per heavy atom. The number of halogens is 1. The van der Waals surface area contributed by atoms with Crippen LogP contribution in [0.25, 0.3) is 0 Å². The van der Waals surface area contributed by atoms with Crippen molar-refractivity contribution in [1.82, 2.24) is 10.2 Å². The van der Waals surface area contributed by atoms with Crippen LogP contribution in [0.15, 0.2) is 36.4 Å². The molecular weight excluding hydrogens is 343 g/mol. The van der Waals surface area contributed by atoms with Crippen LogP contribution in [0.5, 0.6) is 5.75 Å². The molecule has 2 N–H and O–H groups in total. The molecular formula is C22H27FN2O2. The average Bonchev–Trinajstić information content (AvgIpc) is 2.65. The van der Waals surface area contributed by atoms with E-state index in [0.717, 1.165) is 43.6 Å². The fraction of sp³-hybridized carbons (Fsp3) is 0.409. The fourth-order valence-corrected chi connectivity index (χ4v) is 3.80. The Bertz CT molecular complexity index is 781. The number of nitrogens with one attached hydrogen (secondary N) is 1. The van der Waals surface area contributed by atoms with Crippen molar-refractivity contribution in [3.05, 3.63) is 64.5 Å². The molecule has 0 unspecified atom stereocenters. The number of hydrogen-bond donors (Lipinski definition) is 2. The number of benzene rings is 2. The Balaban J connectivity index is 1.53. The number of carbonyl (C=O) groups is 1. The topological polar surface area (TPSA) is 52.6 Å². The molecule has 0 aliphatic carbocycles. The normalized spacial score (nSPS) is 17.7. The zero-order valence-electron chi connectivity index (χ0n) is 16.0. The van der Waals surface area contributed by atoms with Crippen molar-refractivity contribution in [2.45, 2.75) is 33.2 Å². The van der Waals surface area contributed by atoms with E-state index in [0.29, 0.717) is 23.8 Å². The Morgan fingerprint density at radius 2 is 1.89 bits per heavy atom. The van der Waals surface area contributed by atoms with Crippen molar-refractivity contribution in [2.24, 2.45) is 5.92 Å². The molecule has 0 radical (unpaired) electrons. The number of phenolic OH excluding ortho intramolecular Hbond substituents is 1. The Kier molecular flexibility index (Phi) is 6.11. The molecule has 0 bridgehead atoms. The van der Waals surface area contributed by atoms with Gasteiger partial charge in [0.2, 0.25) is 0 Å². The summed E-state index contributed by atoms with van der Waals surface area (Å²) in [6.45, 7) is 7.31. The predicted octanol–water partition coefficient (Wildman–Crippen LogP) is 3.79. The largest absolute Gasteiger partial charge is 0.507 e. The molecule has 0 aromatic heterocycles. The van der Waals surface area contributed by atoms with E-state index in [4.69, 9.17) is 0 Å². The first-order valence-electron chi connectivity index (χ1n) is 9.47. The lowest BCUT2D eigenvalue weighted by molar-refractivity contribution is 0.0930. The number of aromatic hydroxyl groups is 1. The number of rotatable bonds is 5. The second kappa shape index (κ2) is 8.53. The molecule has 0 saturated carbocycles. The van der Waals surface area contributed by atoms with Gasteiger partial charge in [-0.05, 0) is 80.1 Å². The van der Waals surface area contributed by atoms with Gasteiger partial charge in [-0.25, -0.2) is 4.39 Å². The van der Waals surface area contributed by atoms with Gasteiger partial charge in [0.25, 0.3) is 5.91 Å². The van der Waals surface area contributed by atoms with Crippen LogP contribution in [0.1, 0.15) is 39.9 Å². The van der Waals surface area contributed by atoms with E-state index in [1.165, 1.54) is 29.8 Å². The van der Waals surface area contributed by atoms with Gasteiger partial charge in [-0.2, -0.15) is 0 Å². The van der Waals surface area contributed by atoms with Gasteiger partial charge in [0.05, 0.1) is 0 Å². The van der Waals surface area contributed by atoms with Crippen LogP contribution in [0, 0.1) is 25.6 Å². The van der Waals surface area contributed by atoms with Gasteiger partial charge in [-0.1, -0.05) is 12.1 Å². The maximum Gasteiger partial charge on any atom is 0.251 e. The zero-order valence-corrected chi connectivity index (χ0v) is 16.0. The number of piperidine rings is 1. The first-order valence-corrected chi connectivity index (χ1v) is 9.47. The van der Waals surface area contributed by atoms with Gasteiger partial charge < -0.3 is 10.4 Å². The number of phenols is 1. The molecule has 27 heavy (non-hydrogen) atoms. The molecule has 144 valence electrons. The van der Waals surface area contributed by atoms with Crippen molar-refractivity contribution in [3.8, 4) is 5.75 Å². The third kappa shape index (κ3) is 5.07. The van der Waals surface area contributed by atoms with E-state index in [-0.39, 0.29) is 11.7 Å². The van der Waals surface area contributed by atoms with Crippen molar-refractivity contribution in [2.75, 3.05) is 19.6 Å². The molecule has 1 atom stereocenters. The van der Waals surface area contributed by atoms with Crippen LogP contribution >= 0.6 is 0 Å². The summed E-state index contributed by atoms with van der Waals surface area (Å²) < 4.78 is 13.0. The van der Waals surface area contributed by atoms with E-state index >= 15 is 0 Å². The molecule has 0 spiro atoms. The SMILES string of the molecule is Cc1cc(CN2CCC[C@@H](CNC(=O)c3ccc(F)cc3)C2)cc(C)c1O. The second-order valence-corrected chi connectivity index (χ2v) is 7.54. The number of aryl methyl sites for hydroxylation is 2. The Hall–Kier alpha value is -2.40. The first kappa shape index (κ1) is 19.4. The lowest BCUT2D eigenvalue weighted by Gasteiger charge is -2.33. The van der Waals surface area contributed by atoms with Crippen LogP contribution < -0.4 is 5.32 Å². The lowest BCUT2D eigenvalue weighted by atomic mass is 9.97. The summed E-state index contributed by atoms with van der Waals surface area (Å²) in [6, 6.07) is 9.71. The van der Waals surface area contributed by atoms with Gasteiger partial charge >= 0.3 is 0 Å². The maximum atomic E-state index is 13.0. The number of carbonyl (C=O) groups excluding carboxylic acids is 1. The number of nitrogens with zero attached hydrogens (tertiary/aromatic N) is 1. The lowest BCUT2D eigenvalue weighted by Crippen LogP contribution is -2.40. The van der Waals surface area contributed by atoms with Gasteiger partial charge in [0, 0.05) is 25.2 Å². The van der Waals surface area contributed by atoms with Gasteiger partial charge in [0.15, 0.2) is 0 Å². The quantitative estimate of drug-likeness (QED) is 0.842. The highest BCUT2D eigenvalue weighted by atomic mass is 19.1. The fourth-order valence-electron chi connectivity index (χ4n) is 3.80. The summed E-state index contributed by atoms with van der Waals surface area (Å²) in [7, 11) is 0. The second-order valence-electron chi connectivity index (χ2n) is 7.54. The van der Waals surface area contributed by atoms with Crippen LogP contribution in [0.3, 0.4) is 0 Å². The third-order valence-corrected chi connectivity index (χ3v) is 5.22. The van der Waals surface area contributed by atoms with Crippen LogP contribution in [-0.2, 0) is 6.54 Å². The smallest absolute Gasteiger partial charge is 0.251 e. The van der Waals surface area contributed by atoms with Crippen molar-refractivity contribution >= 4 is 5.91 Å². The molecule has 1 heterocycles. The van der Waals surface area contributed by atoms with E-state index in [9.17, 15) is 14.3 Å². The standard InChI is InChI=1S/C22H27FN2O2/c1-15-10-18(11-16(2)21(15)26)14-25-9-3-4-17(13-25)12-24-22(27)19-5-7-20(23)8-6-19/h5-8,10-11,17,26H,3-4,9,12-14H2,1-2H3,(H,24,27)/t17-/m0/s1. The molecule has 2 aromatic rings. The number of likely N-dealkylation sites (tertiary alicyclic amines) is 1. The number of hydrogen-bond acceptors (Lipinski definition) is 3. The molecule has 1 saturated heterocycles. The van der Waals surface area contributed by atoms with Gasteiger partial charge in [-0.3, -0.25) is 9.69 Å². The van der Waals surface area contributed by atoms with E-state index < -0.39 is 0 Å². The summed E-state index contributed by atoms with van der Waals surface area (Å²) >= 11 is 0. The third-order valence-electron chi connectivity index (χ3n) is 5.22. The zero-order chi connectivity index (χ0) is 19.4. The molecule has 1 aliphatic heterocycles.